The average molecular weight is 366 g/mol. The summed E-state index contributed by atoms with van der Waals surface area (Å²) >= 11 is 1.53. The fraction of sp³-hybridized carbons (Fsp3) is 0.211. The van der Waals surface area contributed by atoms with E-state index in [-0.39, 0.29) is 0 Å². The largest absolute Gasteiger partial charge is 0.497 e. The van der Waals surface area contributed by atoms with Gasteiger partial charge in [-0.15, -0.1) is 10.2 Å². The van der Waals surface area contributed by atoms with Gasteiger partial charge in [0.25, 0.3) is 0 Å². The number of fused-ring (bicyclic) bond motifs is 3. The third-order valence-electron chi connectivity index (χ3n) is 4.00. The molecule has 0 fully saturated rings. The van der Waals surface area contributed by atoms with Crippen molar-refractivity contribution in [3.05, 3.63) is 54.1 Å². The van der Waals surface area contributed by atoms with E-state index in [4.69, 9.17) is 9.47 Å². The maximum atomic E-state index is 6.22. The van der Waals surface area contributed by atoms with Crippen LogP contribution in [0.1, 0.15) is 18.7 Å². The first-order valence-corrected chi connectivity index (χ1v) is 9.31. The smallest absolute Gasteiger partial charge is 0.247 e. The normalized spacial score (nSPS) is 15.1. The zero-order valence-electron chi connectivity index (χ0n) is 14.5. The molecule has 1 atom stereocenters. The Bertz CT molecular complexity index is 935. The van der Waals surface area contributed by atoms with Gasteiger partial charge in [0.2, 0.25) is 11.0 Å². The molecule has 1 aliphatic rings. The van der Waals surface area contributed by atoms with E-state index in [1.807, 2.05) is 48.5 Å². The molecule has 0 radical (unpaired) electrons. The standard InChI is InChI=1S/C19H18N4O2S/c1-3-26-19-21-18-16(22-23-19)14-9-4-5-10-15(14)20-17(25-18)12-7-6-8-13(11-12)24-2/h4-11,17,20H,3H2,1-2H3/t17-/m0/s1. The Hall–Kier alpha value is -2.80. The van der Waals surface area contributed by atoms with Crippen LogP contribution in [0.4, 0.5) is 5.69 Å². The first kappa shape index (κ1) is 16.7. The lowest BCUT2D eigenvalue weighted by atomic mass is 10.1. The molecule has 0 spiro atoms. The lowest BCUT2D eigenvalue weighted by Crippen LogP contribution is -2.17. The van der Waals surface area contributed by atoms with Crippen molar-refractivity contribution in [3.8, 4) is 22.9 Å². The summed E-state index contributed by atoms with van der Waals surface area (Å²) in [6, 6.07) is 15.7. The lowest BCUT2D eigenvalue weighted by Gasteiger charge is -2.19. The Balaban J connectivity index is 1.82. The number of hydrogen-bond acceptors (Lipinski definition) is 7. The molecule has 0 aliphatic carbocycles. The van der Waals surface area contributed by atoms with Gasteiger partial charge in [0.15, 0.2) is 11.9 Å². The quantitative estimate of drug-likeness (QED) is 0.695. The molecule has 0 amide bonds. The number of nitrogens with one attached hydrogen (secondary N) is 1. The van der Waals surface area contributed by atoms with E-state index in [0.29, 0.717) is 16.7 Å². The number of hydrogen-bond donors (Lipinski definition) is 1. The van der Waals surface area contributed by atoms with Gasteiger partial charge < -0.3 is 14.8 Å². The second kappa shape index (κ2) is 7.21. The van der Waals surface area contributed by atoms with Crippen molar-refractivity contribution in [1.82, 2.24) is 15.2 Å². The molecule has 7 heteroatoms. The molecule has 1 N–H and O–H groups in total. The predicted octanol–water partition coefficient (Wildman–Crippen LogP) is 4.16. The molecule has 0 saturated carbocycles. The molecule has 1 aliphatic heterocycles. The van der Waals surface area contributed by atoms with E-state index in [0.717, 1.165) is 28.3 Å². The Labute approximate surface area is 156 Å². The van der Waals surface area contributed by atoms with Crippen LogP contribution in [0.15, 0.2) is 53.7 Å². The first-order chi connectivity index (χ1) is 12.8. The molecular formula is C19H18N4O2S. The van der Waals surface area contributed by atoms with Crippen LogP contribution in [0.5, 0.6) is 11.6 Å². The summed E-state index contributed by atoms with van der Waals surface area (Å²) in [5.74, 6) is 2.11. The minimum Gasteiger partial charge on any atom is -0.497 e. The fourth-order valence-corrected chi connectivity index (χ4v) is 3.30. The van der Waals surface area contributed by atoms with Gasteiger partial charge in [-0.2, -0.15) is 4.98 Å². The molecular weight excluding hydrogens is 348 g/mol. The number of benzene rings is 2. The van der Waals surface area contributed by atoms with E-state index in [9.17, 15) is 0 Å². The third kappa shape index (κ3) is 3.17. The summed E-state index contributed by atoms with van der Waals surface area (Å²) in [5, 5.41) is 12.6. The maximum absolute atomic E-state index is 6.22. The van der Waals surface area contributed by atoms with Crippen LogP contribution in [0.25, 0.3) is 11.3 Å². The molecule has 2 heterocycles. The first-order valence-electron chi connectivity index (χ1n) is 8.32. The topological polar surface area (TPSA) is 69.2 Å². The Morgan fingerprint density at radius 2 is 2.04 bits per heavy atom. The van der Waals surface area contributed by atoms with E-state index in [1.165, 1.54) is 11.8 Å². The summed E-state index contributed by atoms with van der Waals surface area (Å²) in [6.07, 6.45) is -0.413. The highest BCUT2D eigenvalue weighted by atomic mass is 32.2. The Kier molecular flexibility index (Phi) is 4.62. The fourth-order valence-electron chi connectivity index (χ4n) is 2.79. The van der Waals surface area contributed by atoms with Crippen LogP contribution >= 0.6 is 11.8 Å². The van der Waals surface area contributed by atoms with Crippen LogP contribution in [-0.2, 0) is 0 Å². The zero-order valence-corrected chi connectivity index (χ0v) is 15.3. The summed E-state index contributed by atoms with van der Waals surface area (Å²) in [4.78, 5) is 4.58. The van der Waals surface area contributed by atoms with Gasteiger partial charge in [-0.3, -0.25) is 0 Å². The van der Waals surface area contributed by atoms with E-state index >= 15 is 0 Å². The second-order valence-electron chi connectivity index (χ2n) is 5.65. The molecule has 0 bridgehead atoms. The number of nitrogens with zero attached hydrogens (tertiary/aromatic N) is 3. The number of ether oxygens (including phenoxy) is 2. The van der Waals surface area contributed by atoms with Gasteiger partial charge in [-0.1, -0.05) is 49.0 Å². The summed E-state index contributed by atoms with van der Waals surface area (Å²) in [7, 11) is 1.65. The summed E-state index contributed by atoms with van der Waals surface area (Å²) < 4.78 is 11.6. The minimum atomic E-state index is -0.413. The molecule has 2 aromatic carbocycles. The zero-order chi connectivity index (χ0) is 17.9. The summed E-state index contributed by atoms with van der Waals surface area (Å²) in [6.45, 7) is 2.05. The van der Waals surface area contributed by atoms with Crippen molar-refractivity contribution in [2.75, 3.05) is 18.2 Å². The third-order valence-corrected chi connectivity index (χ3v) is 4.72. The number of methoxy groups -OCH3 is 1. The van der Waals surface area contributed by atoms with E-state index < -0.39 is 6.23 Å². The van der Waals surface area contributed by atoms with Crippen molar-refractivity contribution in [2.45, 2.75) is 18.3 Å². The van der Waals surface area contributed by atoms with Gasteiger partial charge in [0.05, 0.1) is 7.11 Å². The van der Waals surface area contributed by atoms with Gasteiger partial charge >= 0.3 is 0 Å². The Morgan fingerprint density at radius 1 is 1.15 bits per heavy atom. The van der Waals surface area contributed by atoms with Crippen molar-refractivity contribution in [1.29, 1.82) is 0 Å². The predicted molar refractivity (Wildman–Crippen MR) is 102 cm³/mol. The van der Waals surface area contributed by atoms with Gasteiger partial charge in [-0.05, 0) is 24.0 Å². The van der Waals surface area contributed by atoms with Gasteiger partial charge in [0.1, 0.15) is 5.75 Å². The lowest BCUT2D eigenvalue weighted by molar-refractivity contribution is 0.224. The molecule has 3 aromatic rings. The maximum Gasteiger partial charge on any atom is 0.247 e. The number of para-hydroxylation sites is 1. The van der Waals surface area contributed by atoms with Crippen LogP contribution in [-0.4, -0.2) is 28.0 Å². The highest BCUT2D eigenvalue weighted by Gasteiger charge is 2.26. The van der Waals surface area contributed by atoms with E-state index in [2.05, 4.69) is 27.4 Å². The molecule has 132 valence electrons. The number of rotatable bonds is 4. The van der Waals surface area contributed by atoms with Crippen molar-refractivity contribution in [3.63, 3.8) is 0 Å². The second-order valence-corrected chi connectivity index (χ2v) is 6.88. The molecule has 6 nitrogen and oxygen atoms in total. The molecule has 4 rings (SSSR count). The average Bonchev–Trinajstić information content (AvgIpc) is 2.85. The monoisotopic (exact) mass is 366 g/mol. The van der Waals surface area contributed by atoms with Crippen molar-refractivity contribution in [2.24, 2.45) is 0 Å². The highest BCUT2D eigenvalue weighted by molar-refractivity contribution is 7.99. The molecule has 1 aromatic heterocycles. The highest BCUT2D eigenvalue weighted by Crippen LogP contribution is 2.39. The molecule has 0 unspecified atom stereocenters. The van der Waals surface area contributed by atoms with Gasteiger partial charge in [-0.25, -0.2) is 0 Å². The Morgan fingerprint density at radius 3 is 2.88 bits per heavy atom. The number of anilines is 1. The van der Waals surface area contributed by atoms with Gasteiger partial charge in [0, 0.05) is 16.8 Å². The van der Waals surface area contributed by atoms with Crippen LogP contribution < -0.4 is 14.8 Å². The minimum absolute atomic E-state index is 0.413. The number of thioether (sulfide) groups is 1. The number of aromatic nitrogens is 3. The summed E-state index contributed by atoms with van der Waals surface area (Å²) in [5.41, 5.74) is 3.42. The molecule has 0 saturated heterocycles. The van der Waals surface area contributed by atoms with Crippen LogP contribution in [0, 0.1) is 0 Å². The van der Waals surface area contributed by atoms with Crippen LogP contribution in [0.2, 0.25) is 0 Å². The van der Waals surface area contributed by atoms with Crippen molar-refractivity contribution >= 4 is 17.4 Å². The molecule has 26 heavy (non-hydrogen) atoms. The SMILES string of the molecule is CCSc1nnc2c(n1)O[C@@H](c1cccc(OC)c1)Nc1ccccc1-2. The van der Waals surface area contributed by atoms with E-state index in [1.54, 1.807) is 7.11 Å². The van der Waals surface area contributed by atoms with Crippen molar-refractivity contribution < 1.29 is 9.47 Å². The van der Waals surface area contributed by atoms with Crippen LogP contribution in [0.3, 0.4) is 0 Å².